The van der Waals surface area contributed by atoms with Crippen molar-refractivity contribution in [1.29, 1.82) is 0 Å². The van der Waals surface area contributed by atoms with Crippen LogP contribution in [0.25, 0.3) is 16.9 Å². The number of imidazole rings is 1. The van der Waals surface area contributed by atoms with Crippen LogP contribution in [0.5, 0.6) is 0 Å². The Balaban J connectivity index is 1.74. The van der Waals surface area contributed by atoms with E-state index in [0.29, 0.717) is 43.2 Å². The minimum Gasteiger partial charge on any atom is -0.443 e. The maximum atomic E-state index is 14.8. The number of benzene rings is 1. The highest BCUT2D eigenvalue weighted by atomic mass is 19.1. The molecule has 0 aliphatic carbocycles. The quantitative estimate of drug-likeness (QED) is 0.707. The molecule has 9 heteroatoms. The first kappa shape index (κ1) is 20.2. The number of nitrogens with zero attached hydrogens (tertiary/aromatic N) is 3. The molecule has 3 aromatic rings. The van der Waals surface area contributed by atoms with Gasteiger partial charge in [0, 0.05) is 25.8 Å². The normalized spacial score (nSPS) is 14.3. The van der Waals surface area contributed by atoms with Gasteiger partial charge in [0.15, 0.2) is 0 Å². The molecule has 1 aliphatic heterocycles. The van der Waals surface area contributed by atoms with E-state index in [1.807, 2.05) is 13.0 Å². The highest BCUT2D eigenvalue weighted by molar-refractivity contribution is 5.70. The van der Waals surface area contributed by atoms with Gasteiger partial charge in [0.1, 0.15) is 29.6 Å². The summed E-state index contributed by atoms with van der Waals surface area (Å²) in [5, 5.41) is 0. The summed E-state index contributed by atoms with van der Waals surface area (Å²) in [6.45, 7) is 3.47. The van der Waals surface area contributed by atoms with Gasteiger partial charge >= 0.3 is 6.09 Å². The predicted molar refractivity (Wildman–Crippen MR) is 106 cm³/mol. The number of carbonyl (C=O) groups is 1. The Hall–Kier alpha value is -3.04. The molecule has 0 spiro atoms. The summed E-state index contributed by atoms with van der Waals surface area (Å²) in [7, 11) is 0. The molecule has 0 radical (unpaired) electrons. The Labute approximate surface area is 172 Å². The number of amides is 1. The summed E-state index contributed by atoms with van der Waals surface area (Å²) in [6.07, 6.45) is 1.23. The number of pyridine rings is 1. The SMILES string of the molecule is Cc1ccn2c(COC(=O)N3CCOCC3)c(-c3c(F)cc(CN)cc3F)nc2c1. The number of hydrogen-bond acceptors (Lipinski definition) is 5. The van der Waals surface area contributed by atoms with Crippen LogP contribution in [-0.4, -0.2) is 46.7 Å². The minimum atomic E-state index is -0.767. The van der Waals surface area contributed by atoms with Crippen LogP contribution in [-0.2, 0) is 22.6 Å². The fraction of sp³-hybridized carbons (Fsp3) is 0.333. The van der Waals surface area contributed by atoms with Crippen molar-refractivity contribution in [3.63, 3.8) is 0 Å². The lowest BCUT2D eigenvalue weighted by Crippen LogP contribution is -2.40. The molecule has 1 aliphatic rings. The van der Waals surface area contributed by atoms with Gasteiger partial charge in [-0.05, 0) is 42.3 Å². The smallest absolute Gasteiger partial charge is 0.410 e. The summed E-state index contributed by atoms with van der Waals surface area (Å²) in [4.78, 5) is 18.4. The van der Waals surface area contributed by atoms with E-state index in [4.69, 9.17) is 15.2 Å². The third-order valence-electron chi connectivity index (χ3n) is 5.06. The zero-order valence-corrected chi connectivity index (χ0v) is 16.5. The third-order valence-corrected chi connectivity index (χ3v) is 5.06. The number of morpholine rings is 1. The van der Waals surface area contributed by atoms with Crippen molar-refractivity contribution in [2.75, 3.05) is 26.3 Å². The van der Waals surface area contributed by atoms with Gasteiger partial charge in [-0.25, -0.2) is 18.6 Å². The van der Waals surface area contributed by atoms with Crippen LogP contribution < -0.4 is 5.73 Å². The van der Waals surface area contributed by atoms with E-state index in [1.54, 1.807) is 16.7 Å². The topological polar surface area (TPSA) is 82.1 Å². The second-order valence-electron chi connectivity index (χ2n) is 7.13. The van der Waals surface area contributed by atoms with Crippen LogP contribution in [0.2, 0.25) is 0 Å². The highest BCUT2D eigenvalue weighted by Crippen LogP contribution is 2.31. The average Bonchev–Trinajstić information content (AvgIpc) is 3.08. The Morgan fingerprint density at radius 2 is 1.93 bits per heavy atom. The molecule has 1 saturated heterocycles. The molecule has 158 valence electrons. The number of fused-ring (bicyclic) bond motifs is 1. The molecule has 0 saturated carbocycles. The second kappa shape index (κ2) is 8.37. The minimum absolute atomic E-state index is 0.0164. The van der Waals surface area contributed by atoms with E-state index < -0.39 is 17.7 Å². The van der Waals surface area contributed by atoms with Crippen LogP contribution in [0, 0.1) is 18.6 Å². The lowest BCUT2D eigenvalue weighted by atomic mass is 10.1. The zero-order chi connectivity index (χ0) is 21.3. The molecule has 4 rings (SSSR count). The number of hydrogen-bond donors (Lipinski definition) is 1. The van der Waals surface area contributed by atoms with Gasteiger partial charge in [-0.15, -0.1) is 0 Å². The molecule has 1 amide bonds. The number of carbonyl (C=O) groups excluding carboxylic acids is 1. The molecule has 1 fully saturated rings. The summed E-state index contributed by atoms with van der Waals surface area (Å²) in [6, 6.07) is 6.02. The van der Waals surface area contributed by atoms with E-state index in [1.165, 1.54) is 17.0 Å². The van der Waals surface area contributed by atoms with E-state index >= 15 is 0 Å². The fourth-order valence-corrected chi connectivity index (χ4v) is 3.47. The van der Waals surface area contributed by atoms with E-state index in [0.717, 1.165) is 5.56 Å². The number of halogens is 2. The Bertz CT molecular complexity index is 1070. The Kier molecular flexibility index (Phi) is 5.65. The molecule has 1 aromatic carbocycles. The predicted octanol–water partition coefficient (Wildman–Crippen LogP) is 3.02. The van der Waals surface area contributed by atoms with Crippen molar-refractivity contribution in [3.05, 3.63) is 58.9 Å². The number of aromatic nitrogens is 2. The van der Waals surface area contributed by atoms with Crippen LogP contribution in [0.1, 0.15) is 16.8 Å². The average molecular weight is 416 g/mol. The zero-order valence-electron chi connectivity index (χ0n) is 16.5. The van der Waals surface area contributed by atoms with Crippen molar-refractivity contribution in [1.82, 2.24) is 14.3 Å². The van der Waals surface area contributed by atoms with Crippen LogP contribution in [0.3, 0.4) is 0 Å². The van der Waals surface area contributed by atoms with Gasteiger partial charge in [-0.2, -0.15) is 0 Å². The number of ether oxygens (including phenoxy) is 2. The monoisotopic (exact) mass is 416 g/mol. The van der Waals surface area contributed by atoms with Crippen molar-refractivity contribution in [3.8, 4) is 11.3 Å². The molecule has 0 atom stereocenters. The molecule has 7 nitrogen and oxygen atoms in total. The first-order valence-electron chi connectivity index (χ1n) is 9.63. The molecular weight excluding hydrogens is 394 g/mol. The standard InChI is InChI=1S/C21H22F2N4O3/c1-13-2-3-27-17(12-30-21(28)26-4-6-29-7-5-26)20(25-18(27)8-13)19-15(22)9-14(11-24)10-16(19)23/h2-3,8-10H,4-7,11-12,24H2,1H3. The van der Waals surface area contributed by atoms with Gasteiger partial charge in [-0.1, -0.05) is 0 Å². The van der Waals surface area contributed by atoms with Gasteiger partial charge in [0.2, 0.25) is 0 Å². The molecule has 2 aromatic heterocycles. The number of aryl methyl sites for hydroxylation is 1. The Morgan fingerprint density at radius 1 is 1.23 bits per heavy atom. The van der Waals surface area contributed by atoms with E-state index in [9.17, 15) is 13.6 Å². The largest absolute Gasteiger partial charge is 0.443 e. The molecule has 2 N–H and O–H groups in total. The summed E-state index contributed by atoms with van der Waals surface area (Å²) >= 11 is 0. The van der Waals surface area contributed by atoms with Gasteiger partial charge in [0.05, 0.1) is 24.5 Å². The van der Waals surface area contributed by atoms with Crippen molar-refractivity contribution < 1.29 is 23.0 Å². The van der Waals surface area contributed by atoms with E-state index in [2.05, 4.69) is 4.98 Å². The maximum Gasteiger partial charge on any atom is 0.410 e. The second-order valence-corrected chi connectivity index (χ2v) is 7.13. The van der Waals surface area contributed by atoms with Crippen molar-refractivity contribution in [2.24, 2.45) is 5.73 Å². The van der Waals surface area contributed by atoms with Crippen molar-refractivity contribution >= 4 is 11.7 Å². The summed E-state index contributed by atoms with van der Waals surface area (Å²) in [5.74, 6) is -1.53. The number of rotatable bonds is 4. The van der Waals surface area contributed by atoms with Gasteiger partial charge < -0.3 is 20.1 Å². The molecule has 3 heterocycles. The Morgan fingerprint density at radius 3 is 2.60 bits per heavy atom. The molecule has 0 bridgehead atoms. The molecule has 0 unspecified atom stereocenters. The van der Waals surface area contributed by atoms with Gasteiger partial charge in [-0.3, -0.25) is 4.40 Å². The summed E-state index contributed by atoms with van der Waals surface area (Å²) in [5.41, 5.74) is 7.50. The molecule has 30 heavy (non-hydrogen) atoms. The van der Waals surface area contributed by atoms with Crippen molar-refractivity contribution in [2.45, 2.75) is 20.1 Å². The third kappa shape index (κ3) is 3.86. The van der Waals surface area contributed by atoms with Crippen LogP contribution in [0.15, 0.2) is 30.5 Å². The first-order chi connectivity index (χ1) is 14.5. The van der Waals surface area contributed by atoms with Crippen LogP contribution >= 0.6 is 0 Å². The van der Waals surface area contributed by atoms with Gasteiger partial charge in [0.25, 0.3) is 0 Å². The van der Waals surface area contributed by atoms with Crippen LogP contribution in [0.4, 0.5) is 13.6 Å². The molecular formula is C21H22F2N4O3. The maximum absolute atomic E-state index is 14.8. The first-order valence-corrected chi connectivity index (χ1v) is 9.63. The lowest BCUT2D eigenvalue weighted by molar-refractivity contribution is 0.0246. The highest BCUT2D eigenvalue weighted by Gasteiger charge is 2.24. The lowest BCUT2D eigenvalue weighted by Gasteiger charge is -2.26. The number of nitrogens with two attached hydrogens (primary N) is 1. The van der Waals surface area contributed by atoms with E-state index in [-0.39, 0.29) is 24.4 Å². The summed E-state index contributed by atoms with van der Waals surface area (Å²) < 4.78 is 41.9. The fourth-order valence-electron chi connectivity index (χ4n) is 3.47.